The fourth-order valence-corrected chi connectivity index (χ4v) is 6.63. The number of H-pyrrole nitrogens is 2. The highest BCUT2D eigenvalue weighted by Gasteiger charge is 2.25. The van der Waals surface area contributed by atoms with Crippen molar-refractivity contribution in [2.45, 2.75) is 69.0 Å². The Morgan fingerprint density at radius 3 is 3.03 bits per heavy atom. The minimum absolute atomic E-state index is 0.0454. The van der Waals surface area contributed by atoms with Gasteiger partial charge in [-0.2, -0.15) is 0 Å². The molecule has 0 amide bonds. The second-order valence-electron chi connectivity index (χ2n) is 8.30. The van der Waals surface area contributed by atoms with Crippen LogP contribution in [0.25, 0.3) is 10.2 Å². The first-order chi connectivity index (χ1) is 14.5. The van der Waals surface area contributed by atoms with Crippen LogP contribution in [0.2, 0.25) is 0 Å². The Hall–Kier alpha value is -1.91. The van der Waals surface area contributed by atoms with Crippen molar-refractivity contribution in [2.24, 2.45) is 5.92 Å². The maximum atomic E-state index is 12.9. The number of rotatable bonds is 5. The van der Waals surface area contributed by atoms with Gasteiger partial charge in [-0.05, 0) is 50.5 Å². The van der Waals surface area contributed by atoms with Crippen LogP contribution in [0.5, 0.6) is 0 Å². The standard InChI is InChI=1S/C20H25N5O3S2/c1-10-5-6-13-14(8-10)30-18-15(13)17(26)21-16(22-18)11(2)29-20-24-23-19(27)25(20)9-12-4-3-7-28-12/h10-12H,3-9H2,1-2H3,(H,23,27)(H,21,22,26). The Morgan fingerprint density at radius 2 is 2.23 bits per heavy atom. The average molecular weight is 448 g/mol. The molecule has 1 saturated heterocycles. The Labute approximate surface area is 181 Å². The number of hydrogen-bond donors (Lipinski definition) is 2. The summed E-state index contributed by atoms with van der Waals surface area (Å²) in [4.78, 5) is 35.0. The van der Waals surface area contributed by atoms with E-state index in [0.717, 1.165) is 48.9 Å². The molecule has 1 aliphatic heterocycles. The highest BCUT2D eigenvalue weighted by atomic mass is 32.2. The second-order valence-corrected chi connectivity index (χ2v) is 10.7. The molecule has 0 radical (unpaired) electrons. The third-order valence-electron chi connectivity index (χ3n) is 5.98. The number of aryl methyl sites for hydroxylation is 1. The molecule has 2 aliphatic rings. The largest absolute Gasteiger partial charge is 0.376 e. The lowest BCUT2D eigenvalue weighted by Gasteiger charge is -2.17. The van der Waals surface area contributed by atoms with Crippen molar-refractivity contribution in [3.63, 3.8) is 0 Å². The van der Waals surface area contributed by atoms with Crippen molar-refractivity contribution in [1.29, 1.82) is 0 Å². The van der Waals surface area contributed by atoms with Gasteiger partial charge in [-0.3, -0.25) is 9.36 Å². The maximum Gasteiger partial charge on any atom is 0.344 e. The van der Waals surface area contributed by atoms with E-state index in [-0.39, 0.29) is 22.6 Å². The predicted molar refractivity (Wildman–Crippen MR) is 118 cm³/mol. The smallest absolute Gasteiger partial charge is 0.344 e. The zero-order valence-electron chi connectivity index (χ0n) is 17.1. The molecule has 1 fully saturated rings. The number of nitrogens with one attached hydrogen (secondary N) is 2. The van der Waals surface area contributed by atoms with Gasteiger partial charge in [-0.25, -0.2) is 14.9 Å². The van der Waals surface area contributed by atoms with Gasteiger partial charge < -0.3 is 9.72 Å². The number of aromatic amines is 2. The van der Waals surface area contributed by atoms with E-state index in [1.54, 1.807) is 15.9 Å². The lowest BCUT2D eigenvalue weighted by atomic mass is 9.89. The number of thioether (sulfide) groups is 1. The molecule has 0 saturated carbocycles. The molecule has 8 nitrogen and oxygen atoms in total. The first-order valence-corrected chi connectivity index (χ1v) is 12.2. The third-order valence-corrected chi connectivity index (χ3v) is 8.23. The summed E-state index contributed by atoms with van der Waals surface area (Å²) in [5.41, 5.74) is 0.886. The maximum absolute atomic E-state index is 12.9. The molecular weight excluding hydrogens is 422 g/mol. The summed E-state index contributed by atoms with van der Waals surface area (Å²) in [7, 11) is 0. The zero-order chi connectivity index (χ0) is 20.8. The van der Waals surface area contributed by atoms with Gasteiger partial charge in [0.2, 0.25) is 0 Å². The van der Waals surface area contributed by atoms with Crippen molar-refractivity contribution in [3.05, 3.63) is 37.1 Å². The molecule has 0 bridgehead atoms. The van der Waals surface area contributed by atoms with Crippen molar-refractivity contribution >= 4 is 33.3 Å². The van der Waals surface area contributed by atoms with Crippen LogP contribution in [-0.4, -0.2) is 37.4 Å². The van der Waals surface area contributed by atoms with Crippen molar-refractivity contribution in [3.8, 4) is 0 Å². The summed E-state index contributed by atoms with van der Waals surface area (Å²) in [6, 6.07) is 0. The number of aromatic nitrogens is 5. The summed E-state index contributed by atoms with van der Waals surface area (Å²) in [6.45, 7) is 5.46. The molecule has 3 atom stereocenters. The van der Waals surface area contributed by atoms with Crippen LogP contribution in [-0.2, 0) is 24.1 Å². The van der Waals surface area contributed by atoms with E-state index in [4.69, 9.17) is 9.72 Å². The molecule has 2 N–H and O–H groups in total. The minimum atomic E-state index is -0.239. The molecule has 30 heavy (non-hydrogen) atoms. The first-order valence-electron chi connectivity index (χ1n) is 10.5. The van der Waals surface area contributed by atoms with Crippen LogP contribution in [0.3, 0.4) is 0 Å². The lowest BCUT2D eigenvalue weighted by Crippen LogP contribution is -2.25. The lowest BCUT2D eigenvalue weighted by molar-refractivity contribution is 0.0941. The highest BCUT2D eigenvalue weighted by Crippen LogP contribution is 2.37. The van der Waals surface area contributed by atoms with Gasteiger partial charge in [0, 0.05) is 11.5 Å². The summed E-state index contributed by atoms with van der Waals surface area (Å²) in [6.07, 6.45) is 5.11. The normalized spacial score (nSPS) is 22.5. The van der Waals surface area contributed by atoms with E-state index in [0.29, 0.717) is 23.4 Å². The Kier molecular flexibility index (Phi) is 5.32. The monoisotopic (exact) mass is 447 g/mol. The van der Waals surface area contributed by atoms with Crippen molar-refractivity contribution in [1.82, 2.24) is 24.7 Å². The molecule has 160 valence electrons. The molecule has 1 aliphatic carbocycles. The van der Waals surface area contributed by atoms with Gasteiger partial charge in [0.15, 0.2) is 5.16 Å². The number of thiophene rings is 1. The van der Waals surface area contributed by atoms with Crippen molar-refractivity contribution < 1.29 is 4.74 Å². The van der Waals surface area contributed by atoms with Crippen LogP contribution < -0.4 is 11.2 Å². The quantitative estimate of drug-likeness (QED) is 0.583. The van der Waals surface area contributed by atoms with E-state index >= 15 is 0 Å². The highest BCUT2D eigenvalue weighted by molar-refractivity contribution is 7.99. The molecule has 3 unspecified atom stereocenters. The van der Waals surface area contributed by atoms with Gasteiger partial charge in [-0.15, -0.1) is 16.4 Å². The minimum Gasteiger partial charge on any atom is -0.376 e. The molecule has 5 rings (SSSR count). The Morgan fingerprint density at radius 1 is 1.37 bits per heavy atom. The number of fused-ring (bicyclic) bond motifs is 3. The third kappa shape index (κ3) is 3.65. The van der Waals surface area contributed by atoms with E-state index in [1.807, 2.05) is 6.92 Å². The second kappa shape index (κ2) is 7.97. The van der Waals surface area contributed by atoms with Gasteiger partial charge in [0.1, 0.15) is 10.7 Å². The molecule has 0 aromatic carbocycles. The molecule has 3 aromatic rings. The SMILES string of the molecule is CC1CCc2c(sc3nc(C(C)Sc4n[nH]c(=O)n4CC4CCCO4)[nH]c(=O)c23)C1. The van der Waals surface area contributed by atoms with Gasteiger partial charge in [0.05, 0.1) is 23.3 Å². The molecule has 3 aromatic heterocycles. The summed E-state index contributed by atoms with van der Waals surface area (Å²) in [5.74, 6) is 1.27. The summed E-state index contributed by atoms with van der Waals surface area (Å²) >= 11 is 3.07. The number of nitrogens with zero attached hydrogens (tertiary/aromatic N) is 3. The molecule has 4 heterocycles. The Balaban J connectivity index is 1.42. The summed E-state index contributed by atoms with van der Waals surface area (Å²) < 4.78 is 7.29. The predicted octanol–water partition coefficient (Wildman–Crippen LogP) is 3.03. The number of ether oxygens (including phenoxy) is 1. The van der Waals surface area contributed by atoms with Crippen LogP contribution in [0.15, 0.2) is 14.7 Å². The fraction of sp³-hybridized carbons (Fsp3) is 0.600. The van der Waals surface area contributed by atoms with Crippen molar-refractivity contribution in [2.75, 3.05) is 6.61 Å². The van der Waals surface area contributed by atoms with E-state index < -0.39 is 0 Å². The summed E-state index contributed by atoms with van der Waals surface area (Å²) in [5, 5.41) is 7.92. The van der Waals surface area contributed by atoms with Gasteiger partial charge in [-0.1, -0.05) is 18.7 Å². The topological polar surface area (TPSA) is 106 Å². The average Bonchev–Trinajstić information content (AvgIpc) is 3.43. The number of hydrogen-bond acceptors (Lipinski definition) is 7. The molecule has 10 heteroatoms. The van der Waals surface area contributed by atoms with Crippen LogP contribution in [0.4, 0.5) is 0 Å². The molecular formula is C20H25N5O3S2. The molecule has 0 spiro atoms. The zero-order valence-corrected chi connectivity index (χ0v) is 18.7. The van der Waals surface area contributed by atoms with Crippen LogP contribution in [0, 0.1) is 5.92 Å². The van der Waals surface area contributed by atoms with E-state index in [9.17, 15) is 9.59 Å². The fourth-order valence-electron chi connectivity index (χ4n) is 4.32. The van der Waals surface area contributed by atoms with Gasteiger partial charge in [0.25, 0.3) is 5.56 Å². The van der Waals surface area contributed by atoms with Crippen LogP contribution in [0.1, 0.15) is 54.6 Å². The van der Waals surface area contributed by atoms with E-state index in [1.165, 1.54) is 22.2 Å². The van der Waals surface area contributed by atoms with Crippen LogP contribution >= 0.6 is 23.1 Å². The van der Waals surface area contributed by atoms with E-state index in [2.05, 4.69) is 22.1 Å². The first kappa shape index (κ1) is 20.0. The Bertz CT molecular complexity index is 1190. The van der Waals surface area contributed by atoms with Gasteiger partial charge >= 0.3 is 5.69 Å².